The first kappa shape index (κ1) is 22.2. The lowest BCUT2D eigenvalue weighted by atomic mass is 9.96. The molecule has 0 bridgehead atoms. The number of benzene rings is 2. The van der Waals surface area contributed by atoms with Gasteiger partial charge in [-0.3, -0.25) is 9.59 Å². The van der Waals surface area contributed by atoms with Gasteiger partial charge in [0.05, 0.1) is 23.0 Å². The Labute approximate surface area is 186 Å². The minimum Gasteiger partial charge on any atom is -0.492 e. The van der Waals surface area contributed by atoms with Crippen molar-refractivity contribution in [2.75, 3.05) is 29.9 Å². The maximum absolute atomic E-state index is 12.4. The first-order valence-electron chi connectivity index (χ1n) is 9.95. The number of halogens is 2. The Bertz CT molecular complexity index is 899. The number of ether oxygens (including phenoxy) is 1. The molecule has 1 heterocycles. The van der Waals surface area contributed by atoms with Gasteiger partial charge in [0.15, 0.2) is 0 Å². The molecule has 1 aliphatic rings. The minimum atomic E-state index is -0.238. The quantitative estimate of drug-likeness (QED) is 0.581. The van der Waals surface area contributed by atoms with E-state index in [1.54, 1.807) is 18.2 Å². The predicted molar refractivity (Wildman–Crippen MR) is 120 cm³/mol. The highest BCUT2D eigenvalue weighted by molar-refractivity contribution is 6.42. The fourth-order valence-corrected chi connectivity index (χ4v) is 3.83. The second-order valence-electron chi connectivity index (χ2n) is 7.23. The third kappa shape index (κ3) is 5.80. The van der Waals surface area contributed by atoms with Gasteiger partial charge in [-0.1, -0.05) is 41.4 Å². The molecule has 0 aromatic heterocycles. The molecular formula is C22H25Cl2N3O3. The van der Waals surface area contributed by atoms with Crippen LogP contribution in [0.1, 0.15) is 25.7 Å². The highest BCUT2D eigenvalue weighted by Gasteiger charge is 2.24. The maximum Gasteiger partial charge on any atom is 0.224 e. The van der Waals surface area contributed by atoms with E-state index in [9.17, 15) is 9.59 Å². The zero-order chi connectivity index (χ0) is 21.5. The summed E-state index contributed by atoms with van der Waals surface area (Å²) in [4.78, 5) is 26.0. The van der Waals surface area contributed by atoms with Crippen molar-refractivity contribution >= 4 is 46.4 Å². The molecule has 2 aromatic rings. The van der Waals surface area contributed by atoms with Crippen LogP contribution in [0.2, 0.25) is 10.0 Å². The second-order valence-corrected chi connectivity index (χ2v) is 8.02. The number of anilines is 2. The van der Waals surface area contributed by atoms with Gasteiger partial charge in [-0.05, 0) is 43.5 Å². The largest absolute Gasteiger partial charge is 0.492 e. The van der Waals surface area contributed by atoms with Crippen LogP contribution < -0.4 is 20.7 Å². The molecule has 1 aliphatic heterocycles. The molecule has 0 spiro atoms. The summed E-state index contributed by atoms with van der Waals surface area (Å²) in [7, 11) is 0. The molecule has 3 rings (SSSR count). The standard InChI is InChI=1S/C22H25Cl2N3O3/c23-16-5-3-8-19(21(16)24)30-14-4-9-20(28)26-17-6-1-2-7-18(17)27-12-10-15(11-13-27)22(25)29/h1-3,5-8,15H,4,9-14H2,(H2,25,29)(H,26,28). The number of carbonyl (C=O) groups excluding carboxylic acids is 2. The maximum atomic E-state index is 12.4. The van der Waals surface area contributed by atoms with E-state index in [0.717, 1.165) is 37.3 Å². The third-order valence-electron chi connectivity index (χ3n) is 5.14. The van der Waals surface area contributed by atoms with Crippen molar-refractivity contribution in [3.8, 4) is 5.75 Å². The number of rotatable bonds is 8. The predicted octanol–water partition coefficient (Wildman–Crippen LogP) is 4.49. The summed E-state index contributed by atoms with van der Waals surface area (Å²) in [6, 6.07) is 12.9. The van der Waals surface area contributed by atoms with Crippen molar-refractivity contribution in [1.29, 1.82) is 0 Å². The molecule has 3 N–H and O–H groups in total. The molecule has 0 saturated carbocycles. The molecule has 30 heavy (non-hydrogen) atoms. The van der Waals surface area contributed by atoms with Crippen LogP contribution in [0, 0.1) is 5.92 Å². The third-order valence-corrected chi connectivity index (χ3v) is 5.94. The number of carbonyl (C=O) groups is 2. The van der Waals surface area contributed by atoms with E-state index < -0.39 is 0 Å². The summed E-state index contributed by atoms with van der Waals surface area (Å²) in [5.41, 5.74) is 7.14. The molecule has 1 saturated heterocycles. The van der Waals surface area contributed by atoms with E-state index in [1.165, 1.54) is 0 Å². The normalized spacial score (nSPS) is 14.4. The van der Waals surface area contributed by atoms with Gasteiger partial charge in [-0.2, -0.15) is 0 Å². The number of amides is 2. The molecule has 6 nitrogen and oxygen atoms in total. The van der Waals surface area contributed by atoms with E-state index in [2.05, 4.69) is 10.2 Å². The topological polar surface area (TPSA) is 84.7 Å². The van der Waals surface area contributed by atoms with E-state index >= 15 is 0 Å². The van der Waals surface area contributed by atoms with Crippen LogP contribution in [0.25, 0.3) is 0 Å². The van der Waals surface area contributed by atoms with Gasteiger partial charge in [0.2, 0.25) is 11.8 Å². The Morgan fingerprint density at radius 3 is 2.57 bits per heavy atom. The Morgan fingerprint density at radius 2 is 1.83 bits per heavy atom. The highest BCUT2D eigenvalue weighted by Crippen LogP contribution is 2.32. The van der Waals surface area contributed by atoms with Crippen LogP contribution in [0.15, 0.2) is 42.5 Å². The summed E-state index contributed by atoms with van der Waals surface area (Å²) in [5.74, 6) is 0.109. The lowest BCUT2D eigenvalue weighted by Gasteiger charge is -2.33. The molecule has 2 aromatic carbocycles. The molecule has 0 radical (unpaired) electrons. The van der Waals surface area contributed by atoms with Gasteiger partial charge in [-0.15, -0.1) is 0 Å². The number of nitrogens with two attached hydrogens (primary N) is 1. The van der Waals surface area contributed by atoms with Crippen molar-refractivity contribution in [2.45, 2.75) is 25.7 Å². The monoisotopic (exact) mass is 449 g/mol. The zero-order valence-corrected chi connectivity index (χ0v) is 18.1. The highest BCUT2D eigenvalue weighted by atomic mass is 35.5. The summed E-state index contributed by atoms with van der Waals surface area (Å²) in [6.45, 7) is 1.82. The van der Waals surface area contributed by atoms with E-state index in [0.29, 0.717) is 35.2 Å². The molecule has 8 heteroatoms. The van der Waals surface area contributed by atoms with Crippen LogP contribution in [0.5, 0.6) is 5.75 Å². The van der Waals surface area contributed by atoms with E-state index in [-0.39, 0.29) is 17.7 Å². The molecule has 160 valence electrons. The number of para-hydroxylation sites is 2. The van der Waals surface area contributed by atoms with Gasteiger partial charge >= 0.3 is 0 Å². The summed E-state index contributed by atoms with van der Waals surface area (Å²) < 4.78 is 5.62. The average molecular weight is 450 g/mol. The Balaban J connectivity index is 1.50. The Kier molecular flexibility index (Phi) is 7.82. The van der Waals surface area contributed by atoms with Gasteiger partial charge < -0.3 is 20.7 Å². The number of hydrogen-bond acceptors (Lipinski definition) is 4. The first-order valence-corrected chi connectivity index (χ1v) is 10.7. The van der Waals surface area contributed by atoms with Crippen molar-refractivity contribution in [3.05, 3.63) is 52.5 Å². The Morgan fingerprint density at radius 1 is 1.10 bits per heavy atom. The summed E-state index contributed by atoms with van der Waals surface area (Å²) in [6.07, 6.45) is 2.30. The molecule has 2 amide bonds. The van der Waals surface area contributed by atoms with Crippen molar-refractivity contribution < 1.29 is 14.3 Å². The van der Waals surface area contributed by atoms with Crippen LogP contribution in [-0.2, 0) is 9.59 Å². The number of primary amides is 1. The van der Waals surface area contributed by atoms with Gasteiger partial charge in [0.1, 0.15) is 10.8 Å². The second kappa shape index (κ2) is 10.5. The van der Waals surface area contributed by atoms with Crippen molar-refractivity contribution in [1.82, 2.24) is 0 Å². The van der Waals surface area contributed by atoms with E-state index in [4.69, 9.17) is 33.7 Å². The van der Waals surface area contributed by atoms with Crippen molar-refractivity contribution in [3.63, 3.8) is 0 Å². The number of nitrogens with one attached hydrogen (secondary N) is 1. The first-order chi connectivity index (χ1) is 14.5. The molecule has 1 fully saturated rings. The zero-order valence-electron chi connectivity index (χ0n) is 16.6. The molecule has 0 atom stereocenters. The molecular weight excluding hydrogens is 425 g/mol. The van der Waals surface area contributed by atoms with Gasteiger partial charge in [0, 0.05) is 25.4 Å². The molecule has 0 unspecified atom stereocenters. The lowest BCUT2D eigenvalue weighted by Crippen LogP contribution is -2.38. The van der Waals surface area contributed by atoms with Crippen LogP contribution in [0.3, 0.4) is 0 Å². The Hall–Kier alpha value is -2.44. The van der Waals surface area contributed by atoms with Gasteiger partial charge in [0.25, 0.3) is 0 Å². The number of hydrogen-bond donors (Lipinski definition) is 2. The fourth-order valence-electron chi connectivity index (χ4n) is 3.48. The van der Waals surface area contributed by atoms with Crippen LogP contribution in [-0.4, -0.2) is 31.5 Å². The van der Waals surface area contributed by atoms with Crippen LogP contribution >= 0.6 is 23.2 Å². The summed E-state index contributed by atoms with van der Waals surface area (Å²) in [5, 5.41) is 3.79. The lowest BCUT2D eigenvalue weighted by molar-refractivity contribution is -0.122. The molecule has 0 aliphatic carbocycles. The summed E-state index contributed by atoms with van der Waals surface area (Å²) >= 11 is 12.1. The minimum absolute atomic E-state index is 0.0731. The van der Waals surface area contributed by atoms with Crippen molar-refractivity contribution in [2.24, 2.45) is 11.7 Å². The van der Waals surface area contributed by atoms with Gasteiger partial charge in [-0.25, -0.2) is 0 Å². The number of nitrogens with zero attached hydrogens (tertiary/aromatic N) is 1. The smallest absolute Gasteiger partial charge is 0.224 e. The van der Waals surface area contributed by atoms with E-state index in [1.807, 2.05) is 24.3 Å². The fraction of sp³-hybridized carbons (Fsp3) is 0.364. The average Bonchev–Trinajstić information content (AvgIpc) is 2.74. The van der Waals surface area contributed by atoms with Crippen LogP contribution in [0.4, 0.5) is 11.4 Å². The number of piperidine rings is 1. The SMILES string of the molecule is NC(=O)C1CCN(c2ccccc2NC(=O)CCCOc2cccc(Cl)c2Cl)CC1.